The summed E-state index contributed by atoms with van der Waals surface area (Å²) in [6.07, 6.45) is -6.15. The van der Waals surface area contributed by atoms with Crippen LogP contribution in [0.15, 0.2) is 0 Å². The smallest absolute Gasteiger partial charge is 0.223 e. The van der Waals surface area contributed by atoms with Gasteiger partial charge in [-0.15, -0.1) is 0 Å². The number of Topliss-reactive ketones (excluding diaryl/α,β-unsaturated/α-hetero) is 2. The lowest BCUT2D eigenvalue weighted by Crippen LogP contribution is -2.64. The first-order valence-electron chi connectivity index (χ1n) is 34.1. The van der Waals surface area contributed by atoms with Crippen molar-refractivity contribution in [2.24, 2.45) is 5.92 Å². The van der Waals surface area contributed by atoms with Crippen LogP contribution >= 0.6 is 0 Å². The van der Waals surface area contributed by atoms with Crippen LogP contribution in [0, 0.1) is 5.92 Å². The van der Waals surface area contributed by atoms with E-state index in [2.05, 4.69) is 37.2 Å². The molecule has 3 saturated heterocycles. The number of methoxy groups -OCH3 is 1. The topological polar surface area (TPSA) is 485 Å². The molecule has 3 rings (SSSR count). The Morgan fingerprint density at radius 2 is 0.771 bits per heavy atom. The molecule has 0 radical (unpaired) electrons. The summed E-state index contributed by atoms with van der Waals surface area (Å²) in [6, 6.07) is -4.26. The fourth-order valence-corrected chi connectivity index (χ4v) is 11.4. The number of nitrogens with one attached hydrogen (secondary N) is 7. The molecular weight excluding hydrogens is 1270 g/mol. The van der Waals surface area contributed by atoms with Crippen molar-refractivity contribution in [3.8, 4) is 0 Å². The van der Waals surface area contributed by atoms with Crippen molar-refractivity contribution in [2.45, 2.75) is 273 Å². The van der Waals surface area contributed by atoms with Crippen molar-refractivity contribution in [3.63, 3.8) is 0 Å². The molecule has 8 unspecified atom stereocenters. The molecule has 16 N–H and O–H groups in total. The molecule has 3 fully saturated rings. The number of amides is 7. The van der Waals surface area contributed by atoms with E-state index in [1.54, 1.807) is 0 Å². The first-order chi connectivity index (χ1) is 46.0. The minimum Gasteiger partial charge on any atom is -0.394 e. The Hall–Kier alpha value is -5.01. The zero-order chi connectivity index (χ0) is 71.0. The maximum atomic E-state index is 14.4. The predicted molar refractivity (Wildman–Crippen MR) is 341 cm³/mol. The number of rotatable bonds is 51. The van der Waals surface area contributed by atoms with Gasteiger partial charge in [0.05, 0.1) is 32.5 Å². The first-order valence-corrected chi connectivity index (χ1v) is 34.1. The summed E-state index contributed by atoms with van der Waals surface area (Å²) >= 11 is 0. The number of carbonyl (C=O) groups excluding carboxylic acids is 9. The normalized spacial score (nSPS) is 26.4. The standard InChI is InChI=1S/C64H113N7O25/c1-39(75)68-52-58(86)55(83)46(36-72)94-62(52)91-31-18-6-10-24-49(80)65-28-16-13-21-42(61(89)67-30-15-5-9-22-43(78)27-34-90-4)35-45(79)44(71-51(82)26-12-8-20-33-93-64-54(70-41(3)77)60(88)57(85)48(38-74)96-64)23-14-17-29-66-50(81)25-11-7-19-32-92-63-53(69-40(2)76)59(87)56(84)47(37-73)95-63/h42,44,46-48,52-60,62-64,72-74,83-88H,5-38H2,1-4H3,(H,65,80)(H,66,81)(H,67,89)(H,68,75)(H,69,76)(H,70,77)(H,71,82)/t42?,44?,46?,47?,48?,52-,53-,54-,55-,56-,57-,58?,59?,60?,62+,63+,64+/m0/s1. The highest BCUT2D eigenvalue weighted by Gasteiger charge is 2.48. The molecule has 0 aromatic rings. The molecular formula is C64H113N7O25. The van der Waals surface area contributed by atoms with E-state index in [1.807, 2.05) is 0 Å². The van der Waals surface area contributed by atoms with Crippen LogP contribution in [0.3, 0.4) is 0 Å². The Bertz CT molecular complexity index is 2300. The van der Waals surface area contributed by atoms with Gasteiger partial charge in [-0.1, -0.05) is 32.1 Å². The van der Waals surface area contributed by atoms with Gasteiger partial charge in [0, 0.05) is 112 Å². The van der Waals surface area contributed by atoms with E-state index >= 15 is 0 Å². The van der Waals surface area contributed by atoms with Gasteiger partial charge >= 0.3 is 0 Å². The van der Waals surface area contributed by atoms with E-state index in [0.717, 1.165) is 0 Å². The maximum absolute atomic E-state index is 14.4. The molecule has 32 heteroatoms. The highest BCUT2D eigenvalue weighted by atomic mass is 16.7. The summed E-state index contributed by atoms with van der Waals surface area (Å²) in [4.78, 5) is 115. The van der Waals surface area contributed by atoms with Gasteiger partial charge in [0.25, 0.3) is 0 Å². The third-order valence-electron chi connectivity index (χ3n) is 16.8. The Morgan fingerprint density at radius 1 is 0.406 bits per heavy atom. The molecule has 3 aliphatic heterocycles. The predicted octanol–water partition coefficient (Wildman–Crippen LogP) is -2.54. The molecule has 0 saturated carbocycles. The van der Waals surface area contributed by atoms with Gasteiger partial charge in [0.1, 0.15) is 78.8 Å². The Morgan fingerprint density at radius 3 is 1.17 bits per heavy atom. The van der Waals surface area contributed by atoms with E-state index in [1.165, 1.54) is 27.9 Å². The Kier molecular flexibility index (Phi) is 43.2. The fraction of sp³-hybridized carbons (Fsp3) is 0.859. The molecule has 32 nitrogen and oxygen atoms in total. The van der Waals surface area contributed by atoms with Crippen LogP contribution in [0.5, 0.6) is 0 Å². The lowest BCUT2D eigenvalue weighted by Gasteiger charge is -2.42. The number of aliphatic hydroxyl groups is 9. The highest BCUT2D eigenvalue weighted by molar-refractivity contribution is 5.92. The maximum Gasteiger partial charge on any atom is 0.223 e. The number of carbonyl (C=O) groups is 9. The number of hydrogen-bond donors (Lipinski definition) is 16. The minimum absolute atomic E-state index is 0.0192. The average Bonchev–Trinajstić information content (AvgIpc) is 0.904. The summed E-state index contributed by atoms with van der Waals surface area (Å²) in [5.74, 6) is -3.75. The number of ether oxygens (including phenoxy) is 7. The van der Waals surface area contributed by atoms with Gasteiger partial charge in [-0.25, -0.2) is 0 Å². The molecule has 3 heterocycles. The molecule has 96 heavy (non-hydrogen) atoms. The monoisotopic (exact) mass is 1380 g/mol. The van der Waals surface area contributed by atoms with Crippen LogP contribution in [0.25, 0.3) is 0 Å². The van der Waals surface area contributed by atoms with Crippen LogP contribution in [-0.2, 0) is 76.3 Å². The lowest BCUT2D eigenvalue weighted by molar-refractivity contribution is -0.270. The summed E-state index contributed by atoms with van der Waals surface area (Å²) < 4.78 is 39.1. The van der Waals surface area contributed by atoms with Crippen molar-refractivity contribution >= 4 is 52.9 Å². The van der Waals surface area contributed by atoms with Crippen molar-refractivity contribution in [1.82, 2.24) is 37.2 Å². The molecule has 554 valence electrons. The Balaban J connectivity index is 1.59. The molecule has 0 bridgehead atoms. The minimum atomic E-state index is -1.48. The molecule has 0 aromatic heterocycles. The van der Waals surface area contributed by atoms with Gasteiger partial charge in [-0.05, 0) is 83.5 Å². The van der Waals surface area contributed by atoms with Crippen LogP contribution in [-0.4, -0.2) is 270 Å². The van der Waals surface area contributed by atoms with Crippen LogP contribution in [0.1, 0.15) is 175 Å². The number of aliphatic hydroxyl groups excluding tert-OH is 9. The second kappa shape index (κ2) is 48.7. The SMILES string of the molecule is COCCC(=O)CCCCCNC(=O)C(CCCCNC(=O)CCCCCO[C@@H]1OC(CO)[C@H](O)C(O)[C@@H]1NC(C)=O)CC(=O)C(CCCCNC(=O)CCCCCO[C@@H]1OC(CO)[C@H](O)C(O)[C@@H]1NC(C)=O)NC(=O)CCCCCO[C@@H]1OC(CO)[C@H](O)C(O)[C@@H]1NC(C)=O. The first kappa shape index (κ1) is 85.2. The number of hydrogen-bond acceptors (Lipinski definition) is 25. The van der Waals surface area contributed by atoms with Crippen LogP contribution in [0.2, 0.25) is 0 Å². The molecule has 7 amide bonds. The molecule has 0 spiro atoms. The van der Waals surface area contributed by atoms with Gasteiger partial charge in [0.2, 0.25) is 41.4 Å². The van der Waals surface area contributed by atoms with Gasteiger partial charge in [-0.2, -0.15) is 0 Å². The van der Waals surface area contributed by atoms with E-state index in [-0.39, 0.29) is 94.2 Å². The van der Waals surface area contributed by atoms with Gasteiger partial charge in [-0.3, -0.25) is 43.2 Å². The zero-order valence-corrected chi connectivity index (χ0v) is 56.4. The summed E-state index contributed by atoms with van der Waals surface area (Å²) in [5, 5.41) is 111. The second-order valence-corrected chi connectivity index (χ2v) is 24.9. The van der Waals surface area contributed by atoms with Crippen molar-refractivity contribution < 1.29 is 122 Å². The quantitative estimate of drug-likeness (QED) is 0.0279. The van der Waals surface area contributed by atoms with Crippen molar-refractivity contribution in [2.75, 3.05) is 73.0 Å². The fourth-order valence-electron chi connectivity index (χ4n) is 11.4. The summed E-state index contributed by atoms with van der Waals surface area (Å²) in [7, 11) is 1.53. The van der Waals surface area contributed by atoms with E-state index in [9.17, 15) is 89.1 Å². The molecule has 0 aromatic carbocycles. The molecule has 17 atom stereocenters. The second-order valence-electron chi connectivity index (χ2n) is 24.9. The van der Waals surface area contributed by atoms with Gasteiger partial charge < -0.3 is 116 Å². The zero-order valence-electron chi connectivity index (χ0n) is 56.4. The van der Waals surface area contributed by atoms with Crippen LogP contribution in [0.4, 0.5) is 0 Å². The van der Waals surface area contributed by atoms with Crippen molar-refractivity contribution in [1.29, 1.82) is 0 Å². The van der Waals surface area contributed by atoms with E-state index in [4.69, 9.17) is 33.2 Å². The highest BCUT2D eigenvalue weighted by Crippen LogP contribution is 2.26. The molecule has 3 aliphatic rings. The Labute approximate surface area is 562 Å². The largest absolute Gasteiger partial charge is 0.394 e. The average molecular weight is 1380 g/mol. The summed E-state index contributed by atoms with van der Waals surface area (Å²) in [6.45, 7) is 3.47. The third-order valence-corrected chi connectivity index (χ3v) is 16.8. The number of unbranched alkanes of at least 4 members (excludes halogenated alkanes) is 10. The molecule has 0 aliphatic carbocycles. The van der Waals surface area contributed by atoms with Gasteiger partial charge in [0.15, 0.2) is 24.7 Å². The lowest BCUT2D eigenvalue weighted by atomic mass is 9.91. The van der Waals surface area contributed by atoms with E-state index < -0.39 is 147 Å². The van der Waals surface area contributed by atoms with Crippen LogP contribution < -0.4 is 37.2 Å². The van der Waals surface area contributed by atoms with Crippen molar-refractivity contribution in [3.05, 3.63) is 0 Å². The third kappa shape index (κ3) is 32.8. The van der Waals surface area contributed by atoms with E-state index in [0.29, 0.717) is 135 Å². The summed E-state index contributed by atoms with van der Waals surface area (Å²) in [5.41, 5.74) is 0. The number of ketones is 2.